The molecule has 0 aliphatic heterocycles. The van der Waals surface area contributed by atoms with Crippen LogP contribution in [-0.2, 0) is 0 Å². The van der Waals surface area contributed by atoms with E-state index in [0.717, 1.165) is 5.92 Å². The third-order valence-electron chi connectivity index (χ3n) is 2.04. The summed E-state index contributed by atoms with van der Waals surface area (Å²) in [6.07, 6.45) is 10.7. The second-order valence-corrected chi connectivity index (χ2v) is 3.27. The van der Waals surface area contributed by atoms with Crippen molar-refractivity contribution in [1.82, 2.24) is 0 Å². The lowest BCUT2D eigenvalue weighted by Gasteiger charge is -2.08. The molecule has 0 aromatic rings. The van der Waals surface area contributed by atoms with Crippen LogP contribution in [0.4, 0.5) is 0 Å². The van der Waals surface area contributed by atoms with E-state index >= 15 is 0 Å². The van der Waals surface area contributed by atoms with E-state index in [0.29, 0.717) is 0 Å². The molecule has 0 amide bonds. The summed E-state index contributed by atoms with van der Waals surface area (Å²) < 4.78 is 0. The molecule has 0 N–H and O–H groups in total. The maximum absolute atomic E-state index is 2.33. The maximum atomic E-state index is 2.33. The Balaban J connectivity index is 2.51. The lowest BCUT2D eigenvalue weighted by molar-refractivity contribution is 0.543. The summed E-state index contributed by atoms with van der Waals surface area (Å²) in [5, 5.41) is 0. The fourth-order valence-corrected chi connectivity index (χ4v) is 1.27. The highest BCUT2D eigenvalue weighted by Gasteiger charge is 1.99. The molecule has 0 fully saturated rings. The molecule has 0 radical (unpaired) electrons. The molecule has 1 rings (SSSR count). The van der Waals surface area contributed by atoms with Crippen molar-refractivity contribution in [2.45, 2.75) is 33.1 Å². The van der Waals surface area contributed by atoms with Crippen molar-refractivity contribution in [1.29, 1.82) is 0 Å². The minimum absolute atomic E-state index is 0.876. The standard InChI is InChI=1S/C10H16/c1-9-5-3-7-10(2)8-4-6-9/h3,5-6,10H,4,7-8H2,1-2H3/b5-3-,9-6-. The van der Waals surface area contributed by atoms with Crippen LogP contribution in [0, 0.1) is 5.92 Å². The van der Waals surface area contributed by atoms with Crippen LogP contribution in [0.5, 0.6) is 0 Å². The zero-order chi connectivity index (χ0) is 7.40. The van der Waals surface area contributed by atoms with E-state index in [4.69, 9.17) is 0 Å². The highest BCUT2D eigenvalue weighted by Crippen LogP contribution is 2.15. The number of allylic oxidation sites excluding steroid dienone is 4. The molecule has 1 atom stereocenters. The van der Waals surface area contributed by atoms with Crippen LogP contribution in [0.3, 0.4) is 0 Å². The molecule has 1 aliphatic carbocycles. The fourth-order valence-electron chi connectivity index (χ4n) is 1.27. The molecule has 0 bridgehead atoms. The highest BCUT2D eigenvalue weighted by molar-refractivity contribution is 5.16. The van der Waals surface area contributed by atoms with Gasteiger partial charge in [-0.1, -0.05) is 30.7 Å². The smallest absolute Gasteiger partial charge is 0.0322 e. The minimum Gasteiger partial charge on any atom is -0.0840 e. The molecule has 0 aromatic heterocycles. The average Bonchev–Trinajstić information content (AvgIpc) is 1.84. The largest absolute Gasteiger partial charge is 0.0840 e. The summed E-state index contributed by atoms with van der Waals surface area (Å²) in [5.74, 6) is 0.876. The van der Waals surface area contributed by atoms with E-state index in [2.05, 4.69) is 32.1 Å². The van der Waals surface area contributed by atoms with Crippen molar-refractivity contribution in [3.63, 3.8) is 0 Å². The van der Waals surface area contributed by atoms with Crippen molar-refractivity contribution in [2.75, 3.05) is 0 Å². The number of rotatable bonds is 0. The van der Waals surface area contributed by atoms with Gasteiger partial charge in [0.2, 0.25) is 0 Å². The first-order valence-corrected chi connectivity index (χ1v) is 4.12. The molecule has 0 saturated heterocycles. The van der Waals surface area contributed by atoms with Crippen LogP contribution in [-0.4, -0.2) is 0 Å². The lowest BCUT2D eigenvalue weighted by Crippen LogP contribution is -1.93. The Labute approximate surface area is 63.6 Å². The van der Waals surface area contributed by atoms with E-state index in [9.17, 15) is 0 Å². The minimum atomic E-state index is 0.876. The summed E-state index contributed by atoms with van der Waals surface area (Å²) in [6.45, 7) is 4.49. The molecular weight excluding hydrogens is 120 g/mol. The first-order chi connectivity index (χ1) is 4.79. The van der Waals surface area contributed by atoms with E-state index in [-0.39, 0.29) is 0 Å². The van der Waals surface area contributed by atoms with Crippen molar-refractivity contribution < 1.29 is 0 Å². The van der Waals surface area contributed by atoms with Gasteiger partial charge in [0.05, 0.1) is 0 Å². The van der Waals surface area contributed by atoms with Crippen LogP contribution >= 0.6 is 0 Å². The molecule has 10 heavy (non-hydrogen) atoms. The van der Waals surface area contributed by atoms with Gasteiger partial charge in [0.25, 0.3) is 0 Å². The van der Waals surface area contributed by atoms with Gasteiger partial charge in [-0.2, -0.15) is 0 Å². The normalized spacial score (nSPS) is 35.4. The van der Waals surface area contributed by atoms with E-state index < -0.39 is 0 Å². The quantitative estimate of drug-likeness (QED) is 0.479. The Morgan fingerprint density at radius 2 is 2.30 bits per heavy atom. The zero-order valence-corrected chi connectivity index (χ0v) is 6.93. The first kappa shape index (κ1) is 7.59. The molecule has 0 aromatic carbocycles. The van der Waals surface area contributed by atoms with Gasteiger partial charge in [0.1, 0.15) is 0 Å². The molecule has 0 heteroatoms. The Hall–Kier alpha value is -0.520. The molecule has 1 unspecified atom stereocenters. The number of hydrogen-bond acceptors (Lipinski definition) is 0. The predicted octanol–water partition coefficient (Wildman–Crippen LogP) is 3.31. The molecule has 0 nitrogen and oxygen atoms in total. The Bertz CT molecular complexity index is 151. The second-order valence-electron chi connectivity index (χ2n) is 3.27. The molecule has 1 aliphatic rings. The zero-order valence-electron chi connectivity index (χ0n) is 6.93. The average molecular weight is 136 g/mol. The van der Waals surface area contributed by atoms with Crippen molar-refractivity contribution in [3.05, 3.63) is 23.8 Å². The first-order valence-electron chi connectivity index (χ1n) is 4.12. The van der Waals surface area contributed by atoms with Gasteiger partial charge < -0.3 is 0 Å². The van der Waals surface area contributed by atoms with Crippen LogP contribution in [0.25, 0.3) is 0 Å². The highest BCUT2D eigenvalue weighted by atomic mass is 14.1. The van der Waals surface area contributed by atoms with Gasteiger partial charge in [-0.3, -0.25) is 0 Å². The Kier molecular flexibility index (Phi) is 2.73. The van der Waals surface area contributed by atoms with Crippen LogP contribution in [0.2, 0.25) is 0 Å². The second kappa shape index (κ2) is 3.60. The van der Waals surface area contributed by atoms with Gasteiger partial charge in [-0.15, -0.1) is 0 Å². The monoisotopic (exact) mass is 136 g/mol. The summed E-state index contributed by atoms with van der Waals surface area (Å²) in [4.78, 5) is 0. The SMILES string of the molecule is CC1=C/CCC(C)C/C=C\1. The van der Waals surface area contributed by atoms with E-state index in [1.165, 1.54) is 24.8 Å². The van der Waals surface area contributed by atoms with Gasteiger partial charge in [-0.05, 0) is 32.1 Å². The van der Waals surface area contributed by atoms with E-state index in [1.807, 2.05) is 0 Å². The molecule has 0 spiro atoms. The van der Waals surface area contributed by atoms with Crippen molar-refractivity contribution in [2.24, 2.45) is 5.92 Å². The summed E-state index contributed by atoms with van der Waals surface area (Å²) in [7, 11) is 0. The van der Waals surface area contributed by atoms with Gasteiger partial charge in [-0.25, -0.2) is 0 Å². The Morgan fingerprint density at radius 1 is 1.50 bits per heavy atom. The van der Waals surface area contributed by atoms with Crippen LogP contribution in [0.15, 0.2) is 23.8 Å². The molecule has 0 heterocycles. The summed E-state index contributed by atoms with van der Waals surface area (Å²) in [5.41, 5.74) is 1.42. The summed E-state index contributed by atoms with van der Waals surface area (Å²) >= 11 is 0. The lowest BCUT2D eigenvalue weighted by atomic mass is 9.98. The van der Waals surface area contributed by atoms with Gasteiger partial charge in [0, 0.05) is 0 Å². The van der Waals surface area contributed by atoms with E-state index in [1.54, 1.807) is 0 Å². The molecular formula is C10H16. The Morgan fingerprint density at radius 3 is 3.10 bits per heavy atom. The third kappa shape index (κ3) is 2.38. The van der Waals surface area contributed by atoms with Crippen LogP contribution < -0.4 is 0 Å². The molecule has 56 valence electrons. The van der Waals surface area contributed by atoms with Gasteiger partial charge >= 0.3 is 0 Å². The van der Waals surface area contributed by atoms with Crippen LogP contribution in [0.1, 0.15) is 33.1 Å². The predicted molar refractivity (Wildman–Crippen MR) is 45.9 cm³/mol. The van der Waals surface area contributed by atoms with Crippen molar-refractivity contribution in [3.8, 4) is 0 Å². The van der Waals surface area contributed by atoms with Crippen molar-refractivity contribution >= 4 is 0 Å². The third-order valence-corrected chi connectivity index (χ3v) is 2.04. The van der Waals surface area contributed by atoms with Gasteiger partial charge in [0.15, 0.2) is 0 Å². The topological polar surface area (TPSA) is 0 Å². The summed E-state index contributed by atoms with van der Waals surface area (Å²) in [6, 6.07) is 0. The maximum Gasteiger partial charge on any atom is -0.0322 e. The number of hydrogen-bond donors (Lipinski definition) is 0. The fraction of sp³-hybridized carbons (Fsp3) is 0.600. The molecule has 0 saturated carbocycles.